The number of nitrogens with one attached hydrogen (secondary N) is 1. The van der Waals surface area contributed by atoms with E-state index in [1.54, 1.807) is 11.8 Å². The Morgan fingerprint density at radius 3 is 2.62 bits per heavy atom. The highest BCUT2D eigenvalue weighted by Crippen LogP contribution is 2.41. The molecule has 3 N–H and O–H groups in total. The number of alkyl halides is 2. The van der Waals surface area contributed by atoms with E-state index in [2.05, 4.69) is 15.3 Å². The molecule has 0 saturated carbocycles. The molecule has 1 saturated heterocycles. The lowest BCUT2D eigenvalue weighted by molar-refractivity contribution is -0.125. The average molecular weight is 517 g/mol. The number of piperidine rings is 1. The van der Waals surface area contributed by atoms with Gasteiger partial charge in [0.2, 0.25) is 5.91 Å². The fourth-order valence-corrected chi connectivity index (χ4v) is 4.02. The number of primary amides is 1. The summed E-state index contributed by atoms with van der Waals surface area (Å²) in [6.07, 6.45) is 2.03. The van der Waals surface area contributed by atoms with E-state index in [1.807, 2.05) is 0 Å². The first-order chi connectivity index (χ1) is 17.5. The first-order valence-corrected chi connectivity index (χ1v) is 11.3. The average Bonchev–Trinajstić information content (AvgIpc) is 2.86. The molecular formula is C25H23F4N5O3. The van der Waals surface area contributed by atoms with E-state index >= 15 is 0 Å². The van der Waals surface area contributed by atoms with Gasteiger partial charge in [-0.05, 0) is 48.9 Å². The van der Waals surface area contributed by atoms with E-state index in [1.165, 1.54) is 36.7 Å². The number of benzene rings is 1. The van der Waals surface area contributed by atoms with Crippen molar-refractivity contribution < 1.29 is 31.9 Å². The number of ether oxygens (including phenoxy) is 1. The molecule has 1 aromatic carbocycles. The van der Waals surface area contributed by atoms with Crippen molar-refractivity contribution in [2.24, 2.45) is 5.73 Å². The lowest BCUT2D eigenvalue weighted by Gasteiger charge is -2.40. The molecule has 1 aliphatic rings. The van der Waals surface area contributed by atoms with E-state index in [0.29, 0.717) is 6.07 Å². The molecule has 0 radical (unpaired) electrons. The van der Waals surface area contributed by atoms with Crippen LogP contribution in [0, 0.1) is 11.6 Å². The molecule has 4 rings (SSSR count). The van der Waals surface area contributed by atoms with Crippen LogP contribution in [0.25, 0.3) is 0 Å². The van der Waals surface area contributed by atoms with Crippen molar-refractivity contribution >= 4 is 17.6 Å². The maximum atomic E-state index is 14.8. The highest BCUT2D eigenvalue weighted by molar-refractivity contribution is 5.93. The van der Waals surface area contributed by atoms with Crippen molar-refractivity contribution in [2.45, 2.75) is 31.2 Å². The predicted octanol–water partition coefficient (Wildman–Crippen LogP) is 4.10. The van der Waals surface area contributed by atoms with Crippen molar-refractivity contribution in [3.63, 3.8) is 0 Å². The van der Waals surface area contributed by atoms with Crippen molar-refractivity contribution in [3.8, 4) is 11.5 Å². The fourth-order valence-electron chi connectivity index (χ4n) is 4.02. The number of nitrogens with zero attached hydrogens (tertiary/aromatic N) is 3. The Morgan fingerprint density at radius 1 is 1.16 bits per heavy atom. The summed E-state index contributed by atoms with van der Waals surface area (Å²) >= 11 is 0. The SMILES string of the molecule is C[C@@H](C(=O)Nc1ccc(Oc2ccc(F)cc2F)cn1)N1CCC(F)(F)[C@@H](c2ccnc(C(N)=O)c2)C1. The number of amides is 2. The number of hydrogen-bond donors (Lipinski definition) is 2. The Bertz CT molecular complexity index is 1310. The third kappa shape index (κ3) is 6.02. The minimum atomic E-state index is -3.05. The van der Waals surface area contributed by atoms with Crippen LogP contribution in [0.5, 0.6) is 11.5 Å². The highest BCUT2D eigenvalue weighted by Gasteiger charge is 2.46. The maximum absolute atomic E-state index is 14.8. The molecule has 2 atom stereocenters. The third-order valence-electron chi connectivity index (χ3n) is 6.13. The number of carbonyl (C=O) groups excluding carboxylic acids is 2. The Balaban J connectivity index is 1.41. The molecule has 0 spiro atoms. The Kier molecular flexibility index (Phi) is 7.39. The van der Waals surface area contributed by atoms with Gasteiger partial charge >= 0.3 is 0 Å². The Morgan fingerprint density at radius 2 is 1.95 bits per heavy atom. The molecule has 1 fully saturated rings. The standard InChI is InChI=1S/C25H23F4N5O3/c1-14(34-9-7-25(28,29)18(13-34)15-6-8-31-20(10-15)23(30)35)24(36)33-22-5-3-17(12-32-22)37-21-4-2-16(26)11-19(21)27/h2-6,8,10-12,14,18H,7,9,13H2,1H3,(H2,30,35)(H,32,33,36)/t14-,18+/m0/s1. The van der Waals surface area contributed by atoms with E-state index in [0.717, 1.165) is 12.1 Å². The van der Waals surface area contributed by atoms with Gasteiger partial charge in [-0.3, -0.25) is 19.5 Å². The van der Waals surface area contributed by atoms with Crippen LogP contribution in [0.4, 0.5) is 23.4 Å². The molecule has 3 heterocycles. The van der Waals surface area contributed by atoms with Crippen molar-refractivity contribution in [3.05, 3.63) is 77.8 Å². The zero-order chi connectivity index (χ0) is 26.7. The van der Waals surface area contributed by atoms with Crippen molar-refractivity contribution in [1.29, 1.82) is 0 Å². The summed E-state index contributed by atoms with van der Waals surface area (Å²) in [6.45, 7) is 1.44. The topological polar surface area (TPSA) is 110 Å². The largest absolute Gasteiger partial charge is 0.453 e. The lowest BCUT2D eigenvalue weighted by Crippen LogP contribution is -2.52. The second kappa shape index (κ2) is 10.5. The number of hydrogen-bond acceptors (Lipinski definition) is 6. The fraction of sp³-hybridized carbons (Fsp3) is 0.280. The lowest BCUT2D eigenvalue weighted by atomic mass is 9.86. The van der Waals surface area contributed by atoms with Crippen LogP contribution in [-0.4, -0.2) is 51.7 Å². The molecule has 2 aromatic heterocycles. The van der Waals surface area contributed by atoms with Crippen LogP contribution in [0.3, 0.4) is 0 Å². The number of aromatic nitrogens is 2. The van der Waals surface area contributed by atoms with Crippen LogP contribution >= 0.6 is 0 Å². The molecule has 194 valence electrons. The van der Waals surface area contributed by atoms with Gasteiger partial charge in [0.25, 0.3) is 11.8 Å². The van der Waals surface area contributed by atoms with Crippen molar-refractivity contribution in [1.82, 2.24) is 14.9 Å². The summed E-state index contributed by atoms with van der Waals surface area (Å²) in [5.74, 6) is -7.09. The van der Waals surface area contributed by atoms with Gasteiger partial charge in [-0.1, -0.05) is 0 Å². The summed E-state index contributed by atoms with van der Waals surface area (Å²) in [5, 5.41) is 2.62. The first-order valence-electron chi connectivity index (χ1n) is 11.3. The molecule has 0 bridgehead atoms. The number of pyridine rings is 2. The summed E-state index contributed by atoms with van der Waals surface area (Å²) in [4.78, 5) is 33.8. The predicted molar refractivity (Wildman–Crippen MR) is 125 cm³/mol. The van der Waals surface area contributed by atoms with Crippen LogP contribution < -0.4 is 15.8 Å². The van der Waals surface area contributed by atoms with E-state index in [9.17, 15) is 27.2 Å². The van der Waals surface area contributed by atoms with Gasteiger partial charge in [-0.15, -0.1) is 0 Å². The Labute approximate surface area is 209 Å². The van der Waals surface area contributed by atoms with Crippen LogP contribution in [0.2, 0.25) is 0 Å². The van der Waals surface area contributed by atoms with E-state index in [4.69, 9.17) is 10.5 Å². The maximum Gasteiger partial charge on any atom is 0.267 e. The summed E-state index contributed by atoms with van der Waals surface area (Å²) < 4.78 is 61.7. The molecule has 1 aliphatic heterocycles. The smallest absolute Gasteiger partial charge is 0.267 e. The zero-order valence-electron chi connectivity index (χ0n) is 19.6. The van der Waals surface area contributed by atoms with Gasteiger partial charge in [0.15, 0.2) is 11.6 Å². The quantitative estimate of drug-likeness (QED) is 0.457. The number of likely N-dealkylation sites (tertiary alicyclic amines) is 1. The zero-order valence-corrected chi connectivity index (χ0v) is 19.6. The molecule has 3 aromatic rings. The summed E-state index contributed by atoms with van der Waals surface area (Å²) in [7, 11) is 0. The van der Waals surface area contributed by atoms with Crippen molar-refractivity contribution in [2.75, 3.05) is 18.4 Å². The number of anilines is 1. The minimum Gasteiger partial charge on any atom is -0.453 e. The molecule has 2 amide bonds. The molecule has 37 heavy (non-hydrogen) atoms. The van der Waals surface area contributed by atoms with Gasteiger partial charge in [-0.2, -0.15) is 0 Å². The Hall–Kier alpha value is -4.06. The van der Waals surface area contributed by atoms with Gasteiger partial charge in [-0.25, -0.2) is 22.5 Å². The molecular weight excluding hydrogens is 494 g/mol. The summed E-state index contributed by atoms with van der Waals surface area (Å²) in [6, 6.07) is 7.62. The van der Waals surface area contributed by atoms with Gasteiger partial charge < -0.3 is 15.8 Å². The van der Waals surface area contributed by atoms with Crippen LogP contribution in [-0.2, 0) is 4.79 Å². The second-order valence-corrected chi connectivity index (χ2v) is 8.62. The van der Waals surface area contributed by atoms with Crippen LogP contribution in [0.1, 0.15) is 35.3 Å². The number of carbonyl (C=O) groups is 2. The molecule has 0 aliphatic carbocycles. The second-order valence-electron chi connectivity index (χ2n) is 8.62. The number of halogens is 4. The third-order valence-corrected chi connectivity index (χ3v) is 6.13. The number of nitrogens with two attached hydrogens (primary N) is 1. The minimum absolute atomic E-state index is 0.0186. The monoisotopic (exact) mass is 517 g/mol. The molecule has 0 unspecified atom stereocenters. The van der Waals surface area contributed by atoms with E-state index in [-0.39, 0.29) is 41.7 Å². The first kappa shape index (κ1) is 26.0. The molecule has 12 heteroatoms. The normalized spacial score (nSPS) is 18.1. The summed E-state index contributed by atoms with van der Waals surface area (Å²) in [5.41, 5.74) is 5.33. The van der Waals surface area contributed by atoms with Gasteiger partial charge in [0.05, 0.1) is 18.2 Å². The van der Waals surface area contributed by atoms with Gasteiger partial charge in [0, 0.05) is 31.8 Å². The van der Waals surface area contributed by atoms with Gasteiger partial charge in [0.1, 0.15) is 23.1 Å². The number of rotatable bonds is 7. The highest BCUT2D eigenvalue weighted by atomic mass is 19.3. The van der Waals surface area contributed by atoms with E-state index < -0.39 is 47.8 Å². The molecule has 8 nitrogen and oxygen atoms in total. The van der Waals surface area contributed by atoms with Crippen LogP contribution in [0.15, 0.2) is 54.9 Å².